The third-order valence-electron chi connectivity index (χ3n) is 3.11. The Morgan fingerprint density at radius 1 is 1.44 bits per heavy atom. The lowest BCUT2D eigenvalue weighted by Crippen LogP contribution is -2.50. The van der Waals surface area contributed by atoms with Crippen molar-refractivity contribution in [1.29, 1.82) is 0 Å². The predicted molar refractivity (Wildman–Crippen MR) is 70.4 cm³/mol. The fourth-order valence-electron chi connectivity index (χ4n) is 2.20. The van der Waals surface area contributed by atoms with Crippen molar-refractivity contribution in [3.63, 3.8) is 0 Å². The van der Waals surface area contributed by atoms with Gasteiger partial charge in [0, 0.05) is 19.6 Å². The second-order valence-corrected chi connectivity index (χ2v) is 5.43. The molecular formula is C13H26N2O3. The lowest BCUT2D eigenvalue weighted by atomic mass is 10.2. The molecule has 0 spiro atoms. The van der Waals surface area contributed by atoms with Crippen LogP contribution in [0, 0.1) is 0 Å². The van der Waals surface area contributed by atoms with E-state index < -0.39 is 0 Å². The van der Waals surface area contributed by atoms with Crippen LogP contribution in [0.5, 0.6) is 0 Å². The molecule has 0 radical (unpaired) electrons. The molecule has 1 rings (SSSR count). The standard InChI is InChI=1S/C13H26N2O3/c1-10(16)5-6-14(4)9-13(17)15-7-11(2)18-12(3)8-15/h10-12,16H,5-9H2,1-4H3. The summed E-state index contributed by atoms with van der Waals surface area (Å²) < 4.78 is 5.61. The van der Waals surface area contributed by atoms with Crippen molar-refractivity contribution < 1.29 is 14.6 Å². The maximum Gasteiger partial charge on any atom is 0.236 e. The zero-order chi connectivity index (χ0) is 13.7. The Morgan fingerprint density at radius 3 is 2.50 bits per heavy atom. The van der Waals surface area contributed by atoms with Crippen LogP contribution in [0.3, 0.4) is 0 Å². The zero-order valence-electron chi connectivity index (χ0n) is 11.9. The molecule has 0 aromatic heterocycles. The van der Waals surface area contributed by atoms with E-state index in [4.69, 9.17) is 4.74 Å². The molecule has 0 aliphatic carbocycles. The summed E-state index contributed by atoms with van der Waals surface area (Å²) in [7, 11) is 1.91. The fourth-order valence-corrected chi connectivity index (χ4v) is 2.20. The quantitative estimate of drug-likeness (QED) is 0.772. The molecule has 1 heterocycles. The van der Waals surface area contributed by atoms with Gasteiger partial charge in [-0.3, -0.25) is 9.69 Å². The molecule has 1 fully saturated rings. The van der Waals surface area contributed by atoms with Gasteiger partial charge in [0.05, 0.1) is 24.9 Å². The second kappa shape index (κ2) is 7.07. The molecule has 3 atom stereocenters. The number of amides is 1. The highest BCUT2D eigenvalue weighted by atomic mass is 16.5. The van der Waals surface area contributed by atoms with Crippen molar-refractivity contribution in [2.24, 2.45) is 0 Å². The molecule has 3 unspecified atom stereocenters. The molecule has 5 heteroatoms. The highest BCUT2D eigenvalue weighted by molar-refractivity contribution is 5.78. The Labute approximate surface area is 110 Å². The first-order valence-electron chi connectivity index (χ1n) is 6.68. The van der Waals surface area contributed by atoms with Crippen molar-refractivity contribution in [1.82, 2.24) is 9.80 Å². The van der Waals surface area contributed by atoms with Crippen LogP contribution in [0.15, 0.2) is 0 Å². The first kappa shape index (κ1) is 15.4. The number of likely N-dealkylation sites (N-methyl/N-ethyl adjacent to an activating group) is 1. The summed E-state index contributed by atoms with van der Waals surface area (Å²) in [5, 5.41) is 9.22. The van der Waals surface area contributed by atoms with E-state index in [-0.39, 0.29) is 24.2 Å². The zero-order valence-corrected chi connectivity index (χ0v) is 11.9. The Hall–Kier alpha value is -0.650. The number of rotatable bonds is 5. The Bertz CT molecular complexity index is 261. The van der Waals surface area contributed by atoms with Gasteiger partial charge >= 0.3 is 0 Å². The first-order valence-corrected chi connectivity index (χ1v) is 6.68. The predicted octanol–water partition coefficient (Wildman–Crippen LogP) is 0.325. The summed E-state index contributed by atoms with van der Waals surface area (Å²) in [4.78, 5) is 15.9. The number of aliphatic hydroxyl groups excluding tert-OH is 1. The van der Waals surface area contributed by atoms with Crippen molar-refractivity contribution in [3.8, 4) is 0 Å². The van der Waals surface area contributed by atoms with Crippen LogP contribution >= 0.6 is 0 Å². The summed E-state index contributed by atoms with van der Waals surface area (Å²) in [5.41, 5.74) is 0. The molecule has 106 valence electrons. The third kappa shape index (κ3) is 5.33. The van der Waals surface area contributed by atoms with Crippen LogP contribution in [-0.4, -0.2) is 72.4 Å². The number of hydrogen-bond donors (Lipinski definition) is 1. The Morgan fingerprint density at radius 2 is 2.00 bits per heavy atom. The van der Waals surface area contributed by atoms with Crippen molar-refractivity contribution in [3.05, 3.63) is 0 Å². The molecule has 18 heavy (non-hydrogen) atoms. The normalized spacial score (nSPS) is 26.4. The third-order valence-corrected chi connectivity index (χ3v) is 3.11. The molecule has 1 amide bonds. The lowest BCUT2D eigenvalue weighted by Gasteiger charge is -2.36. The van der Waals surface area contributed by atoms with E-state index in [0.717, 1.165) is 6.54 Å². The van der Waals surface area contributed by atoms with Crippen LogP contribution in [0.1, 0.15) is 27.2 Å². The summed E-state index contributed by atoms with van der Waals surface area (Å²) in [6, 6.07) is 0. The summed E-state index contributed by atoms with van der Waals surface area (Å²) in [6.07, 6.45) is 0.603. The number of ether oxygens (including phenoxy) is 1. The van der Waals surface area contributed by atoms with Crippen molar-refractivity contribution in [2.75, 3.05) is 33.2 Å². The molecular weight excluding hydrogens is 232 g/mol. The minimum absolute atomic E-state index is 0.112. The van der Waals surface area contributed by atoms with Gasteiger partial charge in [0.25, 0.3) is 0 Å². The molecule has 0 bridgehead atoms. The number of carbonyl (C=O) groups is 1. The maximum atomic E-state index is 12.1. The maximum absolute atomic E-state index is 12.1. The molecule has 0 aromatic carbocycles. The highest BCUT2D eigenvalue weighted by Crippen LogP contribution is 2.11. The first-order chi connectivity index (χ1) is 8.38. The summed E-state index contributed by atoms with van der Waals surface area (Å²) >= 11 is 0. The smallest absolute Gasteiger partial charge is 0.236 e. The van der Waals surface area contributed by atoms with Gasteiger partial charge in [-0.15, -0.1) is 0 Å². The van der Waals surface area contributed by atoms with Crippen molar-refractivity contribution in [2.45, 2.75) is 45.5 Å². The molecule has 1 aliphatic rings. The second-order valence-electron chi connectivity index (χ2n) is 5.43. The van der Waals surface area contributed by atoms with E-state index in [1.54, 1.807) is 6.92 Å². The van der Waals surface area contributed by atoms with Crippen LogP contribution < -0.4 is 0 Å². The van der Waals surface area contributed by atoms with E-state index in [1.165, 1.54) is 0 Å². The van der Waals surface area contributed by atoms with E-state index in [2.05, 4.69) is 0 Å². The molecule has 5 nitrogen and oxygen atoms in total. The van der Waals surface area contributed by atoms with Gasteiger partial charge in [0.1, 0.15) is 0 Å². The minimum Gasteiger partial charge on any atom is -0.393 e. The van der Waals surface area contributed by atoms with Crippen LogP contribution in [0.25, 0.3) is 0 Å². The molecule has 1 aliphatic heterocycles. The number of morpholine rings is 1. The van der Waals surface area contributed by atoms with Crippen LogP contribution in [0.4, 0.5) is 0 Å². The van der Waals surface area contributed by atoms with Crippen molar-refractivity contribution >= 4 is 5.91 Å². The number of aliphatic hydroxyl groups is 1. The van der Waals surface area contributed by atoms with Gasteiger partial charge in [-0.2, -0.15) is 0 Å². The van der Waals surface area contributed by atoms with Gasteiger partial charge < -0.3 is 14.7 Å². The highest BCUT2D eigenvalue weighted by Gasteiger charge is 2.26. The van der Waals surface area contributed by atoms with Crippen LogP contribution in [0.2, 0.25) is 0 Å². The SMILES string of the molecule is CC(O)CCN(C)CC(=O)N1CC(C)OC(C)C1. The van der Waals surface area contributed by atoms with Gasteiger partial charge in [-0.1, -0.05) is 0 Å². The van der Waals surface area contributed by atoms with Gasteiger partial charge in [-0.05, 0) is 34.2 Å². The molecule has 1 N–H and O–H groups in total. The van der Waals surface area contributed by atoms with E-state index in [9.17, 15) is 9.90 Å². The van der Waals surface area contributed by atoms with E-state index in [0.29, 0.717) is 26.1 Å². The molecule has 0 saturated carbocycles. The fraction of sp³-hybridized carbons (Fsp3) is 0.923. The summed E-state index contributed by atoms with van der Waals surface area (Å²) in [5.74, 6) is 0.144. The Balaban J connectivity index is 2.35. The summed E-state index contributed by atoms with van der Waals surface area (Å²) in [6.45, 7) is 8.24. The van der Waals surface area contributed by atoms with Gasteiger partial charge in [0.2, 0.25) is 5.91 Å². The average molecular weight is 258 g/mol. The minimum atomic E-state index is -0.314. The van der Waals surface area contributed by atoms with Gasteiger partial charge in [0.15, 0.2) is 0 Å². The largest absolute Gasteiger partial charge is 0.393 e. The molecule has 0 aromatic rings. The number of nitrogens with zero attached hydrogens (tertiary/aromatic N) is 2. The Kier molecular flexibility index (Phi) is 6.05. The lowest BCUT2D eigenvalue weighted by molar-refractivity contribution is -0.144. The van der Waals surface area contributed by atoms with E-state index in [1.807, 2.05) is 30.7 Å². The van der Waals surface area contributed by atoms with E-state index >= 15 is 0 Å². The number of carbonyl (C=O) groups excluding carboxylic acids is 1. The monoisotopic (exact) mass is 258 g/mol. The van der Waals surface area contributed by atoms with Crippen LogP contribution in [-0.2, 0) is 9.53 Å². The average Bonchev–Trinajstić information content (AvgIpc) is 2.25. The van der Waals surface area contributed by atoms with Gasteiger partial charge in [-0.25, -0.2) is 0 Å². The molecule has 1 saturated heterocycles. The topological polar surface area (TPSA) is 53.0 Å². The number of hydrogen-bond acceptors (Lipinski definition) is 4.